The van der Waals surface area contributed by atoms with Crippen molar-refractivity contribution in [1.82, 2.24) is 9.59 Å². The zero-order chi connectivity index (χ0) is 18.9. The van der Waals surface area contributed by atoms with Gasteiger partial charge in [0.1, 0.15) is 4.88 Å². The Balaban J connectivity index is 1.84. The third-order valence-electron chi connectivity index (χ3n) is 3.69. The van der Waals surface area contributed by atoms with Crippen LogP contribution in [0.2, 0.25) is 0 Å². The fourth-order valence-electron chi connectivity index (χ4n) is 2.34. The smallest absolute Gasteiger partial charge is 0.398 e. The van der Waals surface area contributed by atoms with Crippen molar-refractivity contribution in [3.05, 3.63) is 58.6 Å². The van der Waals surface area contributed by atoms with Gasteiger partial charge in [0.05, 0.1) is 11.3 Å². The molecule has 1 aromatic heterocycles. The normalized spacial score (nSPS) is 11.4. The fraction of sp³-hybridized carbons (Fsp3) is 0.118. The van der Waals surface area contributed by atoms with E-state index in [1.54, 1.807) is 31.2 Å². The van der Waals surface area contributed by atoms with Crippen LogP contribution in [-0.2, 0) is 6.18 Å². The monoisotopic (exact) mass is 378 g/mol. The van der Waals surface area contributed by atoms with Gasteiger partial charge in [0, 0.05) is 16.9 Å². The zero-order valence-corrected chi connectivity index (χ0v) is 14.3. The van der Waals surface area contributed by atoms with Crippen LogP contribution in [0.1, 0.15) is 20.9 Å². The van der Waals surface area contributed by atoms with Gasteiger partial charge >= 0.3 is 6.18 Å². The lowest BCUT2D eigenvalue weighted by molar-refractivity contribution is -0.137. The van der Waals surface area contributed by atoms with Gasteiger partial charge in [0.15, 0.2) is 0 Å². The van der Waals surface area contributed by atoms with E-state index in [1.165, 1.54) is 6.07 Å². The molecule has 0 unspecified atom stereocenters. The van der Waals surface area contributed by atoms with Crippen LogP contribution in [0.3, 0.4) is 0 Å². The highest BCUT2D eigenvalue weighted by Crippen LogP contribution is 2.35. The second-order valence-corrected chi connectivity index (χ2v) is 6.27. The molecule has 0 atom stereocenters. The maximum absolute atomic E-state index is 12.9. The number of benzene rings is 2. The number of nitrogen functional groups attached to an aromatic ring is 1. The molecule has 3 rings (SSSR count). The number of aromatic nitrogens is 2. The van der Waals surface area contributed by atoms with Crippen LogP contribution in [0.5, 0.6) is 0 Å². The van der Waals surface area contributed by atoms with Crippen molar-refractivity contribution >= 4 is 28.8 Å². The van der Waals surface area contributed by atoms with Crippen molar-refractivity contribution in [2.45, 2.75) is 13.1 Å². The topological polar surface area (TPSA) is 80.9 Å². The summed E-state index contributed by atoms with van der Waals surface area (Å²) in [6, 6.07) is 9.56. The lowest BCUT2D eigenvalue weighted by Crippen LogP contribution is -2.11. The van der Waals surface area contributed by atoms with Crippen LogP contribution < -0.4 is 11.1 Å². The molecule has 0 bridgehead atoms. The van der Waals surface area contributed by atoms with Crippen LogP contribution in [-0.4, -0.2) is 15.5 Å². The highest BCUT2D eigenvalue weighted by atomic mass is 32.1. The molecule has 1 heterocycles. The van der Waals surface area contributed by atoms with Gasteiger partial charge in [0.25, 0.3) is 5.91 Å². The van der Waals surface area contributed by atoms with Crippen molar-refractivity contribution in [2.24, 2.45) is 0 Å². The SMILES string of the molecule is Cc1nnsc1C(=O)Nc1ccc(-c2cc(C(F)(F)F)ccc2N)cc1. The van der Waals surface area contributed by atoms with Crippen molar-refractivity contribution in [2.75, 3.05) is 11.1 Å². The van der Waals surface area contributed by atoms with Gasteiger partial charge in [-0.1, -0.05) is 16.6 Å². The number of anilines is 2. The van der Waals surface area contributed by atoms with Gasteiger partial charge in [-0.15, -0.1) is 5.10 Å². The van der Waals surface area contributed by atoms with Crippen LogP contribution in [0.15, 0.2) is 42.5 Å². The van der Waals surface area contributed by atoms with E-state index in [0.717, 1.165) is 23.7 Å². The number of nitrogens with zero attached hydrogens (tertiary/aromatic N) is 2. The Morgan fingerprint density at radius 3 is 2.42 bits per heavy atom. The first kappa shape index (κ1) is 17.9. The lowest BCUT2D eigenvalue weighted by Gasteiger charge is -2.12. The number of nitrogens with one attached hydrogen (secondary N) is 1. The maximum Gasteiger partial charge on any atom is 0.416 e. The first-order valence-corrected chi connectivity index (χ1v) is 8.20. The summed E-state index contributed by atoms with van der Waals surface area (Å²) in [7, 11) is 0. The van der Waals surface area contributed by atoms with Crippen LogP contribution in [0, 0.1) is 6.92 Å². The zero-order valence-electron chi connectivity index (χ0n) is 13.5. The average molecular weight is 378 g/mol. The second kappa shape index (κ2) is 6.75. The molecular formula is C17H13F3N4OS. The number of alkyl halides is 3. The Bertz CT molecular complexity index is 951. The van der Waals surface area contributed by atoms with Crippen molar-refractivity contribution < 1.29 is 18.0 Å². The van der Waals surface area contributed by atoms with Crippen LogP contribution >= 0.6 is 11.5 Å². The second-order valence-electron chi connectivity index (χ2n) is 5.52. The van der Waals surface area contributed by atoms with Gasteiger partial charge in [-0.3, -0.25) is 4.79 Å². The highest BCUT2D eigenvalue weighted by molar-refractivity contribution is 7.08. The highest BCUT2D eigenvalue weighted by Gasteiger charge is 2.31. The van der Waals surface area contributed by atoms with E-state index < -0.39 is 11.7 Å². The summed E-state index contributed by atoms with van der Waals surface area (Å²) in [5.41, 5.74) is 7.10. The minimum atomic E-state index is -4.45. The molecule has 0 fully saturated rings. The Hall–Kier alpha value is -2.94. The van der Waals surface area contributed by atoms with E-state index in [1.807, 2.05) is 0 Å². The number of halogens is 3. The Morgan fingerprint density at radius 1 is 1.15 bits per heavy atom. The number of hydrogen-bond donors (Lipinski definition) is 2. The third kappa shape index (κ3) is 3.67. The van der Waals surface area contributed by atoms with E-state index in [2.05, 4.69) is 14.9 Å². The molecule has 3 aromatic rings. The molecule has 134 valence electrons. The summed E-state index contributed by atoms with van der Waals surface area (Å²) in [5, 5.41) is 6.47. The van der Waals surface area contributed by atoms with Crippen molar-refractivity contribution in [3.63, 3.8) is 0 Å². The number of aryl methyl sites for hydroxylation is 1. The third-order valence-corrected chi connectivity index (χ3v) is 4.52. The molecule has 0 aliphatic carbocycles. The first-order chi connectivity index (χ1) is 12.3. The molecule has 2 aromatic carbocycles. The quantitative estimate of drug-likeness (QED) is 0.664. The molecule has 0 radical (unpaired) electrons. The molecule has 0 saturated carbocycles. The minimum Gasteiger partial charge on any atom is -0.398 e. The molecule has 0 aliphatic rings. The Morgan fingerprint density at radius 2 is 1.85 bits per heavy atom. The molecule has 0 spiro atoms. The first-order valence-electron chi connectivity index (χ1n) is 7.43. The number of amides is 1. The average Bonchev–Trinajstić information content (AvgIpc) is 3.01. The van der Waals surface area contributed by atoms with E-state index in [0.29, 0.717) is 21.8 Å². The molecule has 5 nitrogen and oxygen atoms in total. The molecule has 1 amide bonds. The Kier molecular flexibility index (Phi) is 4.64. The minimum absolute atomic E-state index is 0.237. The van der Waals surface area contributed by atoms with E-state index in [4.69, 9.17) is 5.73 Å². The predicted octanol–water partition coefficient (Wildman–Crippen LogP) is 4.37. The number of carbonyl (C=O) groups excluding carboxylic acids is 1. The van der Waals surface area contributed by atoms with Gasteiger partial charge in [-0.25, -0.2) is 0 Å². The van der Waals surface area contributed by atoms with Gasteiger partial charge in [0.2, 0.25) is 0 Å². The number of carbonyl (C=O) groups is 1. The largest absolute Gasteiger partial charge is 0.416 e. The molecule has 26 heavy (non-hydrogen) atoms. The summed E-state index contributed by atoms with van der Waals surface area (Å²) >= 11 is 0.987. The standard InChI is InChI=1S/C17H13F3N4OS/c1-9-15(26-24-23-9)16(25)22-12-5-2-10(3-6-12)13-8-11(17(18,19)20)4-7-14(13)21/h2-8H,21H2,1H3,(H,22,25). The van der Waals surface area contributed by atoms with Gasteiger partial charge in [-0.2, -0.15) is 13.2 Å². The van der Waals surface area contributed by atoms with E-state index >= 15 is 0 Å². The summed E-state index contributed by atoms with van der Waals surface area (Å²) in [4.78, 5) is 12.5. The number of nitrogens with two attached hydrogens (primary N) is 1. The predicted molar refractivity (Wildman–Crippen MR) is 93.9 cm³/mol. The molecule has 0 saturated heterocycles. The fourth-order valence-corrected chi connectivity index (χ4v) is 2.90. The lowest BCUT2D eigenvalue weighted by atomic mass is 10.0. The Labute approximate surface area is 150 Å². The molecule has 9 heteroatoms. The van der Waals surface area contributed by atoms with Gasteiger partial charge in [-0.05, 0) is 54.4 Å². The van der Waals surface area contributed by atoms with Crippen molar-refractivity contribution in [1.29, 1.82) is 0 Å². The van der Waals surface area contributed by atoms with Crippen LogP contribution in [0.4, 0.5) is 24.5 Å². The summed E-state index contributed by atoms with van der Waals surface area (Å²) in [5.74, 6) is -0.344. The molecule has 3 N–H and O–H groups in total. The molecule has 0 aliphatic heterocycles. The number of rotatable bonds is 3. The summed E-state index contributed by atoms with van der Waals surface area (Å²) < 4.78 is 42.4. The maximum atomic E-state index is 12.9. The number of hydrogen-bond acceptors (Lipinski definition) is 5. The summed E-state index contributed by atoms with van der Waals surface area (Å²) in [6.07, 6.45) is -4.45. The van der Waals surface area contributed by atoms with Gasteiger partial charge < -0.3 is 11.1 Å². The van der Waals surface area contributed by atoms with E-state index in [9.17, 15) is 18.0 Å². The van der Waals surface area contributed by atoms with Crippen LogP contribution in [0.25, 0.3) is 11.1 Å². The van der Waals surface area contributed by atoms with Crippen molar-refractivity contribution in [3.8, 4) is 11.1 Å². The summed E-state index contributed by atoms with van der Waals surface area (Å²) in [6.45, 7) is 1.68. The molecular weight excluding hydrogens is 365 g/mol. The van der Waals surface area contributed by atoms with E-state index in [-0.39, 0.29) is 17.2 Å².